The zero-order valence-electron chi connectivity index (χ0n) is 18.9. The van der Waals surface area contributed by atoms with Crippen molar-refractivity contribution in [2.24, 2.45) is 0 Å². The fraction of sp³-hybridized carbons (Fsp3) is 0.407. The highest BCUT2D eigenvalue weighted by molar-refractivity contribution is 5.99. The van der Waals surface area contributed by atoms with E-state index in [1.807, 2.05) is 34.0 Å². The zero-order chi connectivity index (χ0) is 21.9. The van der Waals surface area contributed by atoms with E-state index < -0.39 is 0 Å². The van der Waals surface area contributed by atoms with Crippen LogP contribution in [0.1, 0.15) is 47.2 Å². The molecule has 1 amide bonds. The van der Waals surface area contributed by atoms with E-state index in [4.69, 9.17) is 5.10 Å². The van der Waals surface area contributed by atoms with Gasteiger partial charge in [-0.15, -0.1) is 0 Å². The predicted octanol–water partition coefficient (Wildman–Crippen LogP) is 4.61. The van der Waals surface area contributed by atoms with E-state index in [1.165, 1.54) is 37.1 Å². The minimum Gasteiger partial charge on any atom is -0.338 e. The van der Waals surface area contributed by atoms with Crippen molar-refractivity contribution in [2.45, 2.75) is 45.2 Å². The Hall–Kier alpha value is -2.92. The van der Waals surface area contributed by atoms with Crippen LogP contribution in [0.3, 0.4) is 0 Å². The first-order valence-electron chi connectivity index (χ1n) is 11.9. The number of rotatable bonds is 5. The minimum atomic E-state index is 0.111. The molecule has 5 nitrogen and oxygen atoms in total. The van der Waals surface area contributed by atoms with Gasteiger partial charge in [0, 0.05) is 30.9 Å². The zero-order valence-corrected chi connectivity index (χ0v) is 18.9. The van der Waals surface area contributed by atoms with E-state index in [2.05, 4.69) is 48.2 Å². The fourth-order valence-electron chi connectivity index (χ4n) is 5.07. The molecule has 3 aromatic rings. The number of carbonyl (C=O) groups is 1. The van der Waals surface area contributed by atoms with Crippen LogP contribution in [0.2, 0.25) is 0 Å². The Morgan fingerprint density at radius 3 is 2.31 bits per heavy atom. The summed E-state index contributed by atoms with van der Waals surface area (Å²) in [6.45, 7) is 6.84. The molecule has 166 valence electrons. The van der Waals surface area contributed by atoms with Gasteiger partial charge < -0.3 is 9.80 Å². The number of carbonyl (C=O) groups excluding carboxylic acids is 1. The number of nitrogens with zero attached hydrogens (tertiary/aromatic N) is 4. The van der Waals surface area contributed by atoms with Crippen molar-refractivity contribution in [2.75, 3.05) is 26.2 Å². The molecule has 3 heterocycles. The number of aromatic nitrogens is 2. The molecule has 0 saturated carbocycles. The number of hydrogen-bond acceptors (Lipinski definition) is 3. The summed E-state index contributed by atoms with van der Waals surface area (Å²) in [6, 6.07) is 19.2. The van der Waals surface area contributed by atoms with E-state index >= 15 is 0 Å². The summed E-state index contributed by atoms with van der Waals surface area (Å²) in [5, 5.41) is 4.86. The Kier molecular flexibility index (Phi) is 6.08. The third-order valence-corrected chi connectivity index (χ3v) is 6.91. The molecule has 2 aromatic carbocycles. The molecule has 0 N–H and O–H groups in total. The third kappa shape index (κ3) is 4.49. The van der Waals surface area contributed by atoms with Gasteiger partial charge in [-0.05, 0) is 51.3 Å². The molecule has 0 atom stereocenters. The Bertz CT molecular complexity index is 1040. The first kappa shape index (κ1) is 21.0. The minimum absolute atomic E-state index is 0.111. The molecule has 0 bridgehead atoms. The molecule has 2 fully saturated rings. The summed E-state index contributed by atoms with van der Waals surface area (Å²) in [5.41, 5.74) is 4.87. The molecule has 2 aliphatic heterocycles. The van der Waals surface area contributed by atoms with Crippen LogP contribution in [0.25, 0.3) is 11.3 Å². The molecule has 0 radical (unpaired) electrons. The second-order valence-electron chi connectivity index (χ2n) is 9.21. The van der Waals surface area contributed by atoms with Gasteiger partial charge in [0.25, 0.3) is 5.91 Å². The average Bonchev–Trinajstić information content (AvgIpc) is 3.51. The van der Waals surface area contributed by atoms with E-state index in [9.17, 15) is 4.79 Å². The van der Waals surface area contributed by atoms with Crippen LogP contribution in [0.5, 0.6) is 0 Å². The molecular formula is C27H32N4O. The quantitative estimate of drug-likeness (QED) is 0.596. The Labute approximate surface area is 190 Å². The maximum atomic E-state index is 13.6. The van der Waals surface area contributed by atoms with Crippen molar-refractivity contribution >= 4 is 5.91 Å². The number of benzene rings is 2. The molecular weight excluding hydrogens is 396 g/mol. The highest BCUT2D eigenvalue weighted by Crippen LogP contribution is 2.27. The lowest BCUT2D eigenvalue weighted by Gasteiger charge is -2.36. The van der Waals surface area contributed by atoms with Crippen LogP contribution in [-0.2, 0) is 6.54 Å². The number of aryl methyl sites for hydroxylation is 1. The van der Waals surface area contributed by atoms with Gasteiger partial charge in [-0.2, -0.15) is 5.10 Å². The largest absolute Gasteiger partial charge is 0.338 e. The lowest BCUT2D eigenvalue weighted by Crippen LogP contribution is -2.45. The third-order valence-electron chi connectivity index (χ3n) is 6.91. The van der Waals surface area contributed by atoms with Gasteiger partial charge >= 0.3 is 0 Å². The number of amides is 1. The van der Waals surface area contributed by atoms with E-state index in [1.54, 1.807) is 0 Å². The SMILES string of the molecule is Cc1ccc(-c2nn(Cc3ccccc3)cc2C(=O)N2CCC(N3CCCC3)CC2)cc1. The normalized spacial score (nSPS) is 17.7. The van der Waals surface area contributed by atoms with Crippen LogP contribution in [0.15, 0.2) is 60.8 Å². The fourth-order valence-corrected chi connectivity index (χ4v) is 5.07. The lowest BCUT2D eigenvalue weighted by molar-refractivity contribution is 0.0645. The summed E-state index contributed by atoms with van der Waals surface area (Å²) in [4.78, 5) is 18.3. The van der Waals surface area contributed by atoms with E-state index in [0.717, 1.165) is 37.2 Å². The van der Waals surface area contributed by atoms with Gasteiger partial charge in [-0.1, -0.05) is 60.2 Å². The Morgan fingerprint density at radius 2 is 1.62 bits per heavy atom. The molecule has 0 aliphatic carbocycles. The summed E-state index contributed by atoms with van der Waals surface area (Å²) in [5.74, 6) is 0.111. The maximum absolute atomic E-state index is 13.6. The summed E-state index contributed by atoms with van der Waals surface area (Å²) >= 11 is 0. The second-order valence-corrected chi connectivity index (χ2v) is 9.21. The molecule has 1 aromatic heterocycles. The van der Waals surface area contributed by atoms with Gasteiger partial charge in [0.2, 0.25) is 0 Å². The van der Waals surface area contributed by atoms with Crippen LogP contribution in [0, 0.1) is 6.92 Å². The maximum Gasteiger partial charge on any atom is 0.257 e. The lowest BCUT2D eigenvalue weighted by atomic mass is 10.0. The summed E-state index contributed by atoms with van der Waals surface area (Å²) < 4.78 is 1.91. The topological polar surface area (TPSA) is 41.4 Å². The van der Waals surface area contributed by atoms with Crippen molar-refractivity contribution < 1.29 is 4.79 Å². The van der Waals surface area contributed by atoms with E-state index in [0.29, 0.717) is 18.2 Å². The first-order valence-corrected chi connectivity index (χ1v) is 11.9. The molecule has 32 heavy (non-hydrogen) atoms. The van der Waals surface area contributed by atoms with E-state index in [-0.39, 0.29) is 5.91 Å². The monoisotopic (exact) mass is 428 g/mol. The second kappa shape index (κ2) is 9.29. The van der Waals surface area contributed by atoms with Crippen molar-refractivity contribution in [1.29, 1.82) is 0 Å². The van der Waals surface area contributed by atoms with Crippen molar-refractivity contribution in [3.8, 4) is 11.3 Å². The highest BCUT2D eigenvalue weighted by Gasteiger charge is 2.30. The van der Waals surface area contributed by atoms with Crippen molar-refractivity contribution in [3.63, 3.8) is 0 Å². The molecule has 2 aliphatic rings. The van der Waals surface area contributed by atoms with Crippen LogP contribution < -0.4 is 0 Å². The molecule has 5 heteroatoms. The molecule has 0 unspecified atom stereocenters. The molecule has 5 rings (SSSR count). The van der Waals surface area contributed by atoms with Gasteiger partial charge in [-0.3, -0.25) is 9.48 Å². The number of hydrogen-bond donors (Lipinski definition) is 0. The van der Waals surface area contributed by atoms with Crippen LogP contribution >= 0.6 is 0 Å². The number of likely N-dealkylation sites (tertiary alicyclic amines) is 2. The molecule has 2 saturated heterocycles. The van der Waals surface area contributed by atoms with Crippen molar-refractivity contribution in [1.82, 2.24) is 19.6 Å². The smallest absolute Gasteiger partial charge is 0.257 e. The highest BCUT2D eigenvalue weighted by atomic mass is 16.2. The standard InChI is InChI=1S/C27H32N4O/c1-21-9-11-23(12-10-21)26-25(20-31(28-26)19-22-7-3-2-4-8-22)27(32)30-17-13-24(14-18-30)29-15-5-6-16-29/h2-4,7-12,20,24H,5-6,13-19H2,1H3. The van der Waals surface area contributed by atoms with Gasteiger partial charge in [0.1, 0.15) is 5.69 Å². The van der Waals surface area contributed by atoms with Gasteiger partial charge in [0.05, 0.1) is 12.1 Å². The predicted molar refractivity (Wildman–Crippen MR) is 128 cm³/mol. The Balaban J connectivity index is 1.38. The van der Waals surface area contributed by atoms with Crippen LogP contribution in [-0.4, -0.2) is 57.7 Å². The summed E-state index contributed by atoms with van der Waals surface area (Å²) in [7, 11) is 0. The van der Waals surface area contributed by atoms with Gasteiger partial charge in [-0.25, -0.2) is 0 Å². The average molecular weight is 429 g/mol. The Morgan fingerprint density at radius 1 is 0.938 bits per heavy atom. The van der Waals surface area contributed by atoms with Crippen LogP contribution in [0.4, 0.5) is 0 Å². The molecule has 0 spiro atoms. The number of piperidine rings is 1. The van der Waals surface area contributed by atoms with Gasteiger partial charge in [0.15, 0.2) is 0 Å². The van der Waals surface area contributed by atoms with Crippen molar-refractivity contribution in [3.05, 3.63) is 77.5 Å². The summed E-state index contributed by atoms with van der Waals surface area (Å²) in [6.07, 6.45) is 6.73. The first-order chi connectivity index (χ1) is 15.7.